The first kappa shape index (κ1) is 22.9. The first-order valence-corrected chi connectivity index (χ1v) is 13.2. The summed E-state index contributed by atoms with van der Waals surface area (Å²) in [6.07, 6.45) is 1.87. The second-order valence-corrected chi connectivity index (χ2v) is 9.74. The van der Waals surface area contributed by atoms with E-state index in [1.807, 2.05) is 12.1 Å². The van der Waals surface area contributed by atoms with Crippen molar-refractivity contribution < 1.29 is 0 Å². The maximum absolute atomic E-state index is 5.15. The number of hydrogen-bond acceptors (Lipinski definition) is 1. The molecule has 7 aromatic rings. The van der Waals surface area contributed by atoms with Crippen LogP contribution in [0.2, 0.25) is 0 Å². The van der Waals surface area contributed by atoms with Gasteiger partial charge in [-0.2, -0.15) is 0 Å². The summed E-state index contributed by atoms with van der Waals surface area (Å²) >= 11 is 0. The molecule has 0 saturated carbocycles. The zero-order valence-electron chi connectivity index (χ0n) is 21.5. The van der Waals surface area contributed by atoms with E-state index in [4.69, 9.17) is 4.98 Å². The van der Waals surface area contributed by atoms with E-state index in [0.717, 1.165) is 44.9 Å². The number of pyridine rings is 1. The Morgan fingerprint density at radius 2 is 1.08 bits per heavy atom. The van der Waals surface area contributed by atoms with Crippen LogP contribution in [0.5, 0.6) is 0 Å². The summed E-state index contributed by atoms with van der Waals surface area (Å²) in [6, 6.07) is 49.2. The first-order valence-electron chi connectivity index (χ1n) is 13.2. The van der Waals surface area contributed by atoms with Gasteiger partial charge in [0.15, 0.2) is 0 Å². The molecular weight excluding hydrogens is 472 g/mol. The van der Waals surface area contributed by atoms with Gasteiger partial charge in [0.05, 0.1) is 22.4 Å². The van der Waals surface area contributed by atoms with Crippen molar-refractivity contribution in [3.8, 4) is 39.3 Å². The van der Waals surface area contributed by atoms with Crippen LogP contribution < -0.4 is 0 Å². The fourth-order valence-corrected chi connectivity index (χ4v) is 5.42. The summed E-state index contributed by atoms with van der Waals surface area (Å²) in [5, 5.41) is 2.51. The number of para-hydroxylation sites is 2. The first-order chi connectivity index (χ1) is 19.3. The van der Waals surface area contributed by atoms with Gasteiger partial charge in [-0.25, -0.2) is 4.98 Å². The van der Waals surface area contributed by atoms with Crippen LogP contribution in [0.4, 0.5) is 0 Å². The van der Waals surface area contributed by atoms with Crippen LogP contribution in [0.1, 0.15) is 5.56 Å². The van der Waals surface area contributed by atoms with Crippen molar-refractivity contribution in [3.05, 3.63) is 152 Å². The van der Waals surface area contributed by atoms with Crippen LogP contribution in [0.15, 0.2) is 146 Å². The predicted octanol–water partition coefficient (Wildman–Crippen LogP) is 9.82. The summed E-state index contributed by atoms with van der Waals surface area (Å²) in [4.78, 5) is 5.15. The number of aromatic nitrogens is 2. The van der Waals surface area contributed by atoms with Gasteiger partial charge in [0.2, 0.25) is 0 Å². The SMILES string of the molecule is C=Cc1ccc(-c2cc(-c3ccccc3)nc(-c3cccc(-n4c5ccccc5c5ccccc54)c3)c2)cc1. The molecule has 0 amide bonds. The van der Waals surface area contributed by atoms with E-state index >= 15 is 0 Å². The molecule has 0 spiro atoms. The Labute approximate surface area is 228 Å². The van der Waals surface area contributed by atoms with Crippen molar-refractivity contribution in [1.82, 2.24) is 9.55 Å². The molecule has 5 aromatic carbocycles. The van der Waals surface area contributed by atoms with Crippen molar-refractivity contribution in [2.45, 2.75) is 0 Å². The molecule has 0 atom stereocenters. The maximum Gasteiger partial charge on any atom is 0.0716 e. The van der Waals surface area contributed by atoms with E-state index in [9.17, 15) is 0 Å². The highest BCUT2D eigenvalue weighted by molar-refractivity contribution is 6.09. The molecule has 7 rings (SSSR count). The molecule has 0 fully saturated rings. The number of nitrogens with zero attached hydrogens (tertiary/aromatic N) is 2. The third kappa shape index (κ3) is 4.13. The number of hydrogen-bond donors (Lipinski definition) is 0. The topological polar surface area (TPSA) is 17.8 Å². The molecule has 0 aliphatic heterocycles. The average molecular weight is 499 g/mol. The van der Waals surface area contributed by atoms with Crippen LogP contribution in [-0.4, -0.2) is 9.55 Å². The van der Waals surface area contributed by atoms with Gasteiger partial charge in [0, 0.05) is 27.6 Å². The number of benzene rings is 5. The molecule has 2 heteroatoms. The Kier molecular flexibility index (Phi) is 5.64. The van der Waals surface area contributed by atoms with Gasteiger partial charge in [-0.05, 0) is 53.1 Å². The van der Waals surface area contributed by atoms with Crippen LogP contribution in [-0.2, 0) is 0 Å². The standard InChI is InChI=1S/C37H26N2/c1-2-26-19-21-27(22-20-26)30-24-34(28-11-4-3-5-12-28)38-35(25-30)29-13-10-14-31(23-29)39-36-17-8-6-15-32(36)33-16-7-9-18-37(33)39/h2-25H,1H2. The molecule has 0 aliphatic carbocycles. The van der Waals surface area contributed by atoms with E-state index in [1.54, 1.807) is 0 Å². The van der Waals surface area contributed by atoms with Crippen LogP contribution >= 0.6 is 0 Å². The van der Waals surface area contributed by atoms with Gasteiger partial charge in [0.1, 0.15) is 0 Å². The normalized spacial score (nSPS) is 11.2. The molecule has 2 heterocycles. The Morgan fingerprint density at radius 3 is 1.74 bits per heavy atom. The molecule has 0 aliphatic rings. The minimum absolute atomic E-state index is 0.946. The Morgan fingerprint density at radius 1 is 0.487 bits per heavy atom. The van der Waals surface area contributed by atoms with E-state index < -0.39 is 0 Å². The lowest BCUT2D eigenvalue weighted by Crippen LogP contribution is -1.95. The zero-order chi connectivity index (χ0) is 26.2. The molecule has 2 nitrogen and oxygen atoms in total. The van der Waals surface area contributed by atoms with E-state index in [0.29, 0.717) is 0 Å². The maximum atomic E-state index is 5.15. The smallest absolute Gasteiger partial charge is 0.0716 e. The second kappa shape index (κ2) is 9.59. The van der Waals surface area contributed by atoms with E-state index in [1.165, 1.54) is 21.8 Å². The lowest BCUT2D eigenvalue weighted by atomic mass is 9.99. The van der Waals surface area contributed by atoms with Crippen LogP contribution in [0.3, 0.4) is 0 Å². The lowest BCUT2D eigenvalue weighted by molar-refractivity contribution is 1.18. The van der Waals surface area contributed by atoms with Crippen molar-refractivity contribution >= 4 is 27.9 Å². The third-order valence-corrected chi connectivity index (χ3v) is 7.35. The number of fused-ring (bicyclic) bond motifs is 3. The summed E-state index contributed by atoms with van der Waals surface area (Å²) in [5.41, 5.74) is 11.0. The van der Waals surface area contributed by atoms with Gasteiger partial charge in [-0.3, -0.25) is 0 Å². The molecule has 0 N–H and O–H groups in total. The predicted molar refractivity (Wildman–Crippen MR) is 165 cm³/mol. The molecule has 2 aromatic heterocycles. The number of rotatable bonds is 5. The average Bonchev–Trinajstić information content (AvgIpc) is 3.36. The Balaban J connectivity index is 1.42. The highest BCUT2D eigenvalue weighted by atomic mass is 15.0. The van der Waals surface area contributed by atoms with Gasteiger partial charge < -0.3 is 4.57 Å². The molecular formula is C37H26N2. The Bertz CT molecular complexity index is 1910. The summed E-state index contributed by atoms with van der Waals surface area (Å²) in [5.74, 6) is 0. The Hall–Kier alpha value is -5.21. The molecule has 0 radical (unpaired) electrons. The fourth-order valence-electron chi connectivity index (χ4n) is 5.42. The van der Waals surface area contributed by atoms with E-state index in [-0.39, 0.29) is 0 Å². The zero-order valence-corrected chi connectivity index (χ0v) is 21.5. The van der Waals surface area contributed by atoms with Crippen molar-refractivity contribution in [2.75, 3.05) is 0 Å². The van der Waals surface area contributed by atoms with Gasteiger partial charge in [-0.1, -0.05) is 116 Å². The summed E-state index contributed by atoms with van der Waals surface area (Å²) in [7, 11) is 0. The molecule has 0 unspecified atom stereocenters. The highest BCUT2D eigenvalue weighted by Gasteiger charge is 2.14. The minimum Gasteiger partial charge on any atom is -0.309 e. The quantitative estimate of drug-likeness (QED) is 0.231. The molecule has 39 heavy (non-hydrogen) atoms. The molecule has 0 saturated heterocycles. The highest BCUT2D eigenvalue weighted by Crippen LogP contribution is 2.34. The van der Waals surface area contributed by atoms with Crippen molar-refractivity contribution in [3.63, 3.8) is 0 Å². The largest absolute Gasteiger partial charge is 0.309 e. The van der Waals surface area contributed by atoms with Crippen molar-refractivity contribution in [1.29, 1.82) is 0 Å². The van der Waals surface area contributed by atoms with Gasteiger partial charge in [-0.15, -0.1) is 0 Å². The van der Waals surface area contributed by atoms with E-state index in [2.05, 4.69) is 145 Å². The second-order valence-electron chi connectivity index (χ2n) is 9.74. The van der Waals surface area contributed by atoms with Crippen LogP contribution in [0.25, 0.3) is 67.2 Å². The van der Waals surface area contributed by atoms with Crippen LogP contribution in [0, 0.1) is 0 Å². The lowest BCUT2D eigenvalue weighted by Gasteiger charge is -2.13. The minimum atomic E-state index is 0.946. The van der Waals surface area contributed by atoms with Crippen molar-refractivity contribution in [2.24, 2.45) is 0 Å². The summed E-state index contributed by atoms with van der Waals surface area (Å²) < 4.78 is 2.35. The van der Waals surface area contributed by atoms with Gasteiger partial charge in [0.25, 0.3) is 0 Å². The fraction of sp³-hybridized carbons (Fsp3) is 0. The third-order valence-electron chi connectivity index (χ3n) is 7.35. The molecule has 184 valence electrons. The summed E-state index contributed by atoms with van der Waals surface area (Å²) in [6.45, 7) is 3.90. The monoisotopic (exact) mass is 498 g/mol. The molecule has 0 bridgehead atoms. The van der Waals surface area contributed by atoms with Gasteiger partial charge >= 0.3 is 0 Å².